The number of anilines is 1. The van der Waals surface area contributed by atoms with E-state index in [2.05, 4.69) is 20.3 Å². The molecule has 0 unspecified atom stereocenters. The maximum atomic E-state index is 11.9. The Morgan fingerprint density at radius 3 is 2.94 bits per heavy atom. The fourth-order valence-electron chi connectivity index (χ4n) is 3.79. The Balaban J connectivity index is 1.59. The SMILES string of the molecule is CCCNc1c(C(N)=O)oc2ccc3nc(Oc4nc(Cl)nc5c4COCC5)ccc3c12. The van der Waals surface area contributed by atoms with E-state index in [4.69, 9.17) is 31.2 Å². The molecule has 1 amide bonds. The van der Waals surface area contributed by atoms with Crippen molar-refractivity contribution >= 4 is 45.1 Å². The average molecular weight is 454 g/mol. The second-order valence-electron chi connectivity index (χ2n) is 7.38. The second kappa shape index (κ2) is 8.25. The fourth-order valence-corrected chi connectivity index (χ4v) is 3.97. The van der Waals surface area contributed by atoms with E-state index >= 15 is 0 Å². The van der Waals surface area contributed by atoms with Gasteiger partial charge in [0.2, 0.25) is 22.8 Å². The molecule has 1 aliphatic heterocycles. The molecule has 4 aromatic rings. The molecule has 0 fully saturated rings. The van der Waals surface area contributed by atoms with Crippen LogP contribution in [0.25, 0.3) is 21.9 Å². The van der Waals surface area contributed by atoms with Gasteiger partial charge in [-0.25, -0.2) is 9.97 Å². The second-order valence-corrected chi connectivity index (χ2v) is 7.72. The Labute approximate surface area is 187 Å². The molecule has 3 aromatic heterocycles. The van der Waals surface area contributed by atoms with Crippen LogP contribution < -0.4 is 15.8 Å². The highest BCUT2D eigenvalue weighted by Crippen LogP contribution is 2.37. The molecule has 0 bridgehead atoms. The molecule has 3 N–H and O–H groups in total. The Morgan fingerprint density at radius 2 is 2.12 bits per heavy atom. The van der Waals surface area contributed by atoms with Gasteiger partial charge in [0.15, 0.2) is 0 Å². The van der Waals surface area contributed by atoms with E-state index in [1.807, 2.05) is 13.0 Å². The van der Waals surface area contributed by atoms with E-state index < -0.39 is 5.91 Å². The highest BCUT2D eigenvalue weighted by molar-refractivity contribution is 6.28. The standard InChI is InChI=1S/C22H20ClN5O4/c1-2-8-25-18-17-11-3-6-16(26-13(11)4-5-15(17)31-19(18)20(24)29)32-21-12-10-30-9-7-14(12)27-22(23)28-21/h3-6,25H,2,7-10H2,1H3,(H2,24,29). The maximum Gasteiger partial charge on any atom is 0.286 e. The van der Waals surface area contributed by atoms with Crippen LogP contribution in [0.1, 0.15) is 35.2 Å². The van der Waals surface area contributed by atoms with Crippen molar-refractivity contribution in [2.75, 3.05) is 18.5 Å². The van der Waals surface area contributed by atoms with Crippen LogP contribution in [0.15, 0.2) is 28.7 Å². The molecule has 0 saturated carbocycles. The third kappa shape index (κ3) is 3.59. The van der Waals surface area contributed by atoms with Gasteiger partial charge in [-0.2, -0.15) is 4.98 Å². The molecule has 0 atom stereocenters. The first-order chi connectivity index (χ1) is 15.5. The van der Waals surface area contributed by atoms with E-state index in [0.29, 0.717) is 54.7 Å². The normalized spacial score (nSPS) is 13.3. The Kier molecular flexibility index (Phi) is 5.28. The van der Waals surface area contributed by atoms with E-state index in [-0.39, 0.29) is 11.0 Å². The largest absolute Gasteiger partial charge is 0.449 e. The quantitative estimate of drug-likeness (QED) is 0.416. The summed E-state index contributed by atoms with van der Waals surface area (Å²) < 4.78 is 17.2. The van der Waals surface area contributed by atoms with Gasteiger partial charge in [-0.15, -0.1) is 0 Å². The van der Waals surface area contributed by atoms with E-state index in [1.165, 1.54) is 0 Å². The zero-order valence-corrected chi connectivity index (χ0v) is 18.0. The number of furan rings is 1. The van der Waals surface area contributed by atoms with Crippen LogP contribution in [-0.4, -0.2) is 34.0 Å². The maximum absolute atomic E-state index is 11.9. The predicted molar refractivity (Wildman–Crippen MR) is 119 cm³/mol. The molecule has 10 heteroatoms. The number of nitrogens with zero attached hydrogens (tertiary/aromatic N) is 3. The number of halogens is 1. The lowest BCUT2D eigenvalue weighted by Crippen LogP contribution is -2.14. The van der Waals surface area contributed by atoms with Crippen molar-refractivity contribution in [1.29, 1.82) is 0 Å². The number of carbonyl (C=O) groups is 1. The number of fused-ring (bicyclic) bond motifs is 4. The number of carbonyl (C=O) groups excluding carboxylic acids is 1. The van der Waals surface area contributed by atoms with Crippen LogP contribution in [0.3, 0.4) is 0 Å². The molecular formula is C22H20ClN5O4. The molecule has 0 aliphatic carbocycles. The summed E-state index contributed by atoms with van der Waals surface area (Å²) in [6, 6.07) is 7.15. The number of nitrogens with two attached hydrogens (primary N) is 1. The van der Waals surface area contributed by atoms with Crippen molar-refractivity contribution in [3.63, 3.8) is 0 Å². The third-order valence-corrected chi connectivity index (χ3v) is 5.40. The van der Waals surface area contributed by atoms with Crippen LogP contribution >= 0.6 is 11.6 Å². The number of benzene rings is 1. The zero-order chi connectivity index (χ0) is 22.2. The summed E-state index contributed by atoms with van der Waals surface area (Å²) in [7, 11) is 0. The first-order valence-corrected chi connectivity index (χ1v) is 10.6. The minimum absolute atomic E-state index is 0.100. The van der Waals surface area contributed by atoms with Crippen LogP contribution in [0.4, 0.5) is 5.69 Å². The van der Waals surface area contributed by atoms with Crippen molar-refractivity contribution in [2.45, 2.75) is 26.4 Å². The minimum atomic E-state index is -0.631. The summed E-state index contributed by atoms with van der Waals surface area (Å²) in [5.74, 6) is 0.148. The number of nitrogens with one attached hydrogen (secondary N) is 1. The summed E-state index contributed by atoms with van der Waals surface area (Å²) >= 11 is 6.08. The van der Waals surface area contributed by atoms with Crippen molar-refractivity contribution in [3.05, 3.63) is 46.6 Å². The third-order valence-electron chi connectivity index (χ3n) is 5.23. The zero-order valence-electron chi connectivity index (χ0n) is 17.3. The van der Waals surface area contributed by atoms with Gasteiger partial charge in [-0.05, 0) is 36.2 Å². The highest BCUT2D eigenvalue weighted by atomic mass is 35.5. The molecule has 1 aromatic carbocycles. The molecule has 0 spiro atoms. The summed E-state index contributed by atoms with van der Waals surface area (Å²) in [6.07, 6.45) is 1.52. The first kappa shape index (κ1) is 20.5. The summed E-state index contributed by atoms with van der Waals surface area (Å²) in [5.41, 5.74) is 8.90. The number of rotatable bonds is 6. The van der Waals surface area contributed by atoms with E-state index in [1.54, 1.807) is 18.2 Å². The minimum Gasteiger partial charge on any atom is -0.449 e. The smallest absolute Gasteiger partial charge is 0.286 e. The summed E-state index contributed by atoms with van der Waals surface area (Å²) in [4.78, 5) is 25.0. The van der Waals surface area contributed by atoms with Crippen LogP contribution in [0.2, 0.25) is 5.28 Å². The van der Waals surface area contributed by atoms with Crippen molar-refractivity contribution in [3.8, 4) is 11.8 Å². The molecule has 4 heterocycles. The van der Waals surface area contributed by atoms with Gasteiger partial charge in [-0.1, -0.05) is 6.92 Å². The predicted octanol–water partition coefficient (Wildman–Crippen LogP) is 4.21. The molecule has 9 nitrogen and oxygen atoms in total. The van der Waals surface area contributed by atoms with Gasteiger partial charge in [-0.3, -0.25) is 4.79 Å². The lowest BCUT2D eigenvalue weighted by atomic mass is 10.1. The van der Waals surface area contributed by atoms with Crippen molar-refractivity contribution in [2.24, 2.45) is 5.73 Å². The number of amides is 1. The summed E-state index contributed by atoms with van der Waals surface area (Å²) in [5, 5.41) is 4.92. The van der Waals surface area contributed by atoms with Gasteiger partial charge < -0.3 is 24.9 Å². The van der Waals surface area contributed by atoms with Crippen LogP contribution in [0, 0.1) is 0 Å². The molecule has 164 valence electrons. The molecular weight excluding hydrogens is 434 g/mol. The average Bonchev–Trinajstić information content (AvgIpc) is 3.16. The lowest BCUT2D eigenvalue weighted by molar-refractivity contribution is 0.0977. The Hall–Kier alpha value is -3.43. The number of aromatic nitrogens is 3. The topological polar surface area (TPSA) is 125 Å². The molecule has 5 rings (SSSR count). The fraction of sp³-hybridized carbons (Fsp3) is 0.273. The van der Waals surface area contributed by atoms with E-state index in [0.717, 1.165) is 28.5 Å². The molecule has 0 radical (unpaired) electrons. The van der Waals surface area contributed by atoms with E-state index in [9.17, 15) is 4.79 Å². The van der Waals surface area contributed by atoms with Gasteiger partial charge in [0, 0.05) is 24.4 Å². The monoisotopic (exact) mass is 453 g/mol. The Bertz CT molecular complexity index is 1350. The number of pyridine rings is 1. The highest BCUT2D eigenvalue weighted by Gasteiger charge is 2.22. The molecule has 0 saturated heterocycles. The van der Waals surface area contributed by atoms with Gasteiger partial charge in [0.25, 0.3) is 5.91 Å². The lowest BCUT2D eigenvalue weighted by Gasteiger charge is -2.18. The van der Waals surface area contributed by atoms with Gasteiger partial charge in [0.05, 0.1) is 41.1 Å². The van der Waals surface area contributed by atoms with Crippen LogP contribution in [0.5, 0.6) is 11.8 Å². The summed E-state index contributed by atoms with van der Waals surface area (Å²) in [6.45, 7) is 3.64. The molecule has 1 aliphatic rings. The van der Waals surface area contributed by atoms with Crippen molar-refractivity contribution < 1.29 is 18.7 Å². The van der Waals surface area contributed by atoms with Gasteiger partial charge >= 0.3 is 0 Å². The van der Waals surface area contributed by atoms with Crippen molar-refractivity contribution in [1.82, 2.24) is 15.0 Å². The number of primary amides is 1. The number of ether oxygens (including phenoxy) is 2. The number of hydrogen-bond acceptors (Lipinski definition) is 8. The van der Waals surface area contributed by atoms with Gasteiger partial charge in [0.1, 0.15) is 5.58 Å². The molecule has 32 heavy (non-hydrogen) atoms. The van der Waals surface area contributed by atoms with Crippen LogP contribution in [-0.2, 0) is 17.8 Å². The number of hydrogen-bond donors (Lipinski definition) is 2. The first-order valence-electron chi connectivity index (χ1n) is 10.3. The Morgan fingerprint density at radius 1 is 1.25 bits per heavy atom.